The van der Waals surface area contributed by atoms with Gasteiger partial charge in [0, 0.05) is 6.42 Å². The Labute approximate surface area is 257 Å². The van der Waals surface area contributed by atoms with E-state index in [9.17, 15) is 4.79 Å². The zero-order chi connectivity index (χ0) is 29.7. The summed E-state index contributed by atoms with van der Waals surface area (Å²) >= 11 is 0. The fourth-order valence-corrected chi connectivity index (χ4v) is 5.28. The van der Waals surface area contributed by atoms with Gasteiger partial charge in [-0.25, -0.2) is 0 Å². The van der Waals surface area contributed by atoms with E-state index in [0.29, 0.717) is 19.6 Å². The van der Waals surface area contributed by atoms with Crippen LogP contribution in [0.3, 0.4) is 0 Å². The molecule has 0 atom stereocenters. The Bertz CT molecular complexity index is 554. The van der Waals surface area contributed by atoms with Crippen LogP contribution < -0.4 is 0 Å². The van der Waals surface area contributed by atoms with Crippen LogP contribution in [-0.4, -0.2) is 19.2 Å². The van der Waals surface area contributed by atoms with Crippen molar-refractivity contribution in [1.29, 1.82) is 0 Å². The van der Waals surface area contributed by atoms with Crippen molar-refractivity contribution in [2.45, 2.75) is 200 Å². The van der Waals surface area contributed by atoms with Crippen molar-refractivity contribution in [2.24, 2.45) is 0 Å². The van der Waals surface area contributed by atoms with E-state index in [0.717, 1.165) is 19.3 Å². The molecular formula is C38H72O3. The van der Waals surface area contributed by atoms with E-state index in [1.807, 2.05) is 0 Å². The van der Waals surface area contributed by atoms with Gasteiger partial charge in [-0.15, -0.1) is 0 Å². The van der Waals surface area contributed by atoms with Gasteiger partial charge >= 0.3 is 5.97 Å². The summed E-state index contributed by atoms with van der Waals surface area (Å²) in [4.78, 5) is 11.9. The molecule has 0 aromatic rings. The Morgan fingerprint density at radius 2 is 0.805 bits per heavy atom. The average molecular weight is 577 g/mol. The standard InChI is InChI=1S/C38H72O3/c1-3-5-7-9-11-13-15-17-19-21-23-25-27-29-31-33-35-40-36-37-41-38(39)34-32-30-28-26-24-22-20-18-16-14-12-10-8-6-4-2/h18,20,33,35H,3-17,19,21-32,34,36-37H2,1-2H3. The monoisotopic (exact) mass is 577 g/mol. The van der Waals surface area contributed by atoms with Crippen LogP contribution in [0.1, 0.15) is 200 Å². The molecular weight excluding hydrogens is 504 g/mol. The molecule has 0 aliphatic rings. The third-order valence-electron chi connectivity index (χ3n) is 8.02. The molecule has 0 aliphatic heterocycles. The third kappa shape index (κ3) is 36.7. The highest BCUT2D eigenvalue weighted by molar-refractivity contribution is 5.69. The fourth-order valence-electron chi connectivity index (χ4n) is 5.28. The summed E-state index contributed by atoms with van der Waals surface area (Å²) in [7, 11) is 0. The van der Waals surface area contributed by atoms with Crippen LogP contribution in [0.2, 0.25) is 0 Å². The molecule has 0 aromatic heterocycles. The van der Waals surface area contributed by atoms with Crippen LogP contribution in [0.5, 0.6) is 0 Å². The summed E-state index contributed by atoms with van der Waals surface area (Å²) in [6.45, 7) is 5.37. The lowest BCUT2D eigenvalue weighted by molar-refractivity contribution is -0.144. The quantitative estimate of drug-likeness (QED) is 0.0331. The van der Waals surface area contributed by atoms with Crippen molar-refractivity contribution < 1.29 is 14.3 Å². The largest absolute Gasteiger partial charge is 0.498 e. The van der Waals surface area contributed by atoms with Gasteiger partial charge in [-0.3, -0.25) is 4.79 Å². The molecule has 0 saturated heterocycles. The smallest absolute Gasteiger partial charge is 0.305 e. The Hall–Kier alpha value is -1.25. The highest BCUT2D eigenvalue weighted by atomic mass is 16.6. The van der Waals surface area contributed by atoms with Crippen molar-refractivity contribution in [3.05, 3.63) is 24.5 Å². The molecule has 0 unspecified atom stereocenters. The number of carbonyl (C=O) groups excluding carboxylic acids is 1. The Kier molecular flexibility index (Phi) is 35.7. The molecule has 0 N–H and O–H groups in total. The van der Waals surface area contributed by atoms with Gasteiger partial charge in [0.05, 0.1) is 6.26 Å². The molecule has 0 spiro atoms. The molecule has 0 fully saturated rings. The SMILES string of the molecule is CCCCCCCCC=CCCCCCCCC(=O)OCCOC=CCCCCCCCCCCCCCCCC. The number of hydrogen-bond donors (Lipinski definition) is 0. The Morgan fingerprint density at radius 1 is 0.439 bits per heavy atom. The number of rotatable bonds is 34. The first kappa shape index (κ1) is 39.8. The van der Waals surface area contributed by atoms with Crippen molar-refractivity contribution in [1.82, 2.24) is 0 Å². The summed E-state index contributed by atoms with van der Waals surface area (Å²) in [6.07, 6.45) is 46.3. The maximum Gasteiger partial charge on any atom is 0.305 e. The van der Waals surface area contributed by atoms with Gasteiger partial charge in [-0.2, -0.15) is 0 Å². The number of hydrogen-bond acceptors (Lipinski definition) is 3. The van der Waals surface area contributed by atoms with Crippen LogP contribution in [-0.2, 0) is 14.3 Å². The van der Waals surface area contributed by atoms with E-state index in [4.69, 9.17) is 9.47 Å². The first-order valence-corrected chi connectivity index (χ1v) is 18.4. The van der Waals surface area contributed by atoms with Crippen molar-refractivity contribution in [2.75, 3.05) is 13.2 Å². The average Bonchev–Trinajstić information content (AvgIpc) is 2.98. The second-order valence-electron chi connectivity index (χ2n) is 12.2. The molecule has 0 heterocycles. The van der Waals surface area contributed by atoms with Gasteiger partial charge in [0.1, 0.15) is 13.2 Å². The molecule has 3 nitrogen and oxygen atoms in total. The van der Waals surface area contributed by atoms with Gasteiger partial charge in [-0.05, 0) is 51.0 Å². The minimum atomic E-state index is -0.0855. The van der Waals surface area contributed by atoms with Crippen LogP contribution in [0.15, 0.2) is 24.5 Å². The second-order valence-corrected chi connectivity index (χ2v) is 12.2. The lowest BCUT2D eigenvalue weighted by Gasteiger charge is -2.05. The van der Waals surface area contributed by atoms with E-state index in [-0.39, 0.29) is 5.97 Å². The summed E-state index contributed by atoms with van der Waals surface area (Å²) in [6, 6.07) is 0. The number of carbonyl (C=O) groups is 1. The van der Waals surface area contributed by atoms with Crippen LogP contribution in [0.25, 0.3) is 0 Å². The third-order valence-corrected chi connectivity index (χ3v) is 8.02. The minimum Gasteiger partial charge on any atom is -0.498 e. The molecule has 0 amide bonds. The van der Waals surface area contributed by atoms with Gasteiger partial charge in [0.2, 0.25) is 0 Å². The lowest BCUT2D eigenvalue weighted by Crippen LogP contribution is -2.09. The van der Waals surface area contributed by atoms with Crippen molar-refractivity contribution in [3.63, 3.8) is 0 Å². The van der Waals surface area contributed by atoms with Gasteiger partial charge in [-0.1, -0.05) is 161 Å². The molecule has 0 rings (SSSR count). The minimum absolute atomic E-state index is 0.0855. The van der Waals surface area contributed by atoms with Crippen LogP contribution in [0.4, 0.5) is 0 Å². The summed E-state index contributed by atoms with van der Waals surface area (Å²) in [5, 5.41) is 0. The summed E-state index contributed by atoms with van der Waals surface area (Å²) < 4.78 is 10.8. The molecule has 0 aliphatic carbocycles. The molecule has 0 radical (unpaired) electrons. The summed E-state index contributed by atoms with van der Waals surface area (Å²) in [5.41, 5.74) is 0. The molecule has 0 bridgehead atoms. The van der Waals surface area contributed by atoms with E-state index in [1.54, 1.807) is 6.26 Å². The highest BCUT2D eigenvalue weighted by Crippen LogP contribution is 2.14. The molecule has 41 heavy (non-hydrogen) atoms. The summed E-state index contributed by atoms with van der Waals surface area (Å²) in [5.74, 6) is -0.0855. The van der Waals surface area contributed by atoms with E-state index in [1.165, 1.54) is 161 Å². The molecule has 0 saturated carbocycles. The van der Waals surface area contributed by atoms with Crippen LogP contribution >= 0.6 is 0 Å². The predicted octanol–water partition coefficient (Wildman–Crippen LogP) is 13.0. The number of ether oxygens (including phenoxy) is 2. The lowest BCUT2D eigenvalue weighted by atomic mass is 10.0. The maximum atomic E-state index is 11.9. The predicted molar refractivity (Wildman–Crippen MR) is 180 cm³/mol. The second kappa shape index (κ2) is 36.8. The Balaban J connectivity index is 3.24. The van der Waals surface area contributed by atoms with Crippen LogP contribution in [0, 0.1) is 0 Å². The molecule has 0 aromatic carbocycles. The number of allylic oxidation sites excluding steroid dienone is 3. The Morgan fingerprint density at radius 3 is 1.24 bits per heavy atom. The normalized spacial score (nSPS) is 11.7. The van der Waals surface area contributed by atoms with E-state index < -0.39 is 0 Å². The molecule has 242 valence electrons. The first-order valence-electron chi connectivity index (χ1n) is 18.4. The first-order chi connectivity index (χ1) is 20.3. The van der Waals surface area contributed by atoms with E-state index in [2.05, 4.69) is 32.1 Å². The van der Waals surface area contributed by atoms with Gasteiger partial charge in [0.25, 0.3) is 0 Å². The highest BCUT2D eigenvalue weighted by Gasteiger charge is 2.02. The fraction of sp³-hybridized carbons (Fsp3) is 0.868. The van der Waals surface area contributed by atoms with E-state index >= 15 is 0 Å². The topological polar surface area (TPSA) is 35.5 Å². The maximum absolute atomic E-state index is 11.9. The van der Waals surface area contributed by atoms with Gasteiger partial charge < -0.3 is 9.47 Å². The number of esters is 1. The zero-order valence-corrected chi connectivity index (χ0v) is 28.0. The zero-order valence-electron chi connectivity index (χ0n) is 28.0. The van der Waals surface area contributed by atoms with Gasteiger partial charge in [0.15, 0.2) is 0 Å². The van der Waals surface area contributed by atoms with Crippen molar-refractivity contribution in [3.8, 4) is 0 Å². The van der Waals surface area contributed by atoms with Crippen molar-refractivity contribution >= 4 is 5.97 Å². The number of unbranched alkanes of at least 4 members (excludes halogenated alkanes) is 25. The molecule has 3 heteroatoms.